The number of carbonyl (C=O) groups is 2. The van der Waals surface area contributed by atoms with Crippen LogP contribution in [0, 0.1) is 20.8 Å². The molecule has 0 unspecified atom stereocenters. The van der Waals surface area contributed by atoms with Gasteiger partial charge in [-0.25, -0.2) is 8.42 Å². The summed E-state index contributed by atoms with van der Waals surface area (Å²) < 4.78 is 33.7. The van der Waals surface area contributed by atoms with Gasteiger partial charge < -0.3 is 15.4 Å². The van der Waals surface area contributed by atoms with Crippen LogP contribution in [0.25, 0.3) is 0 Å². The fourth-order valence-corrected chi connectivity index (χ4v) is 5.89. The maximum absolute atomic E-state index is 13.5. The fraction of sp³-hybridized carbons (Fsp3) is 0.364. The van der Waals surface area contributed by atoms with Gasteiger partial charge in [0.15, 0.2) is 6.61 Å². The van der Waals surface area contributed by atoms with E-state index in [2.05, 4.69) is 10.6 Å². The average Bonchev–Trinajstić information content (AvgIpc) is 3.22. The third-order valence-corrected chi connectivity index (χ3v) is 7.92. The summed E-state index contributed by atoms with van der Waals surface area (Å²) in [6.45, 7) is 5.64. The van der Waals surface area contributed by atoms with E-state index in [4.69, 9.17) is 4.74 Å². The normalized spacial score (nSPS) is 18.8. The lowest BCUT2D eigenvalue weighted by Gasteiger charge is -2.26. The maximum atomic E-state index is 13.5. The minimum atomic E-state index is -3.94. The Morgan fingerprint density at radius 2 is 1.97 bits per heavy atom. The number of fused-ring (bicyclic) bond motifs is 1. The Balaban J connectivity index is 1.63. The number of hydrogen-bond donors (Lipinski definition) is 2. The van der Waals surface area contributed by atoms with Crippen molar-refractivity contribution >= 4 is 33.2 Å². The van der Waals surface area contributed by atoms with Gasteiger partial charge in [-0.15, -0.1) is 0 Å². The van der Waals surface area contributed by atoms with Gasteiger partial charge in [-0.1, -0.05) is 12.1 Å². The Labute approximate surface area is 181 Å². The zero-order chi connectivity index (χ0) is 22.3. The molecule has 2 aliphatic heterocycles. The van der Waals surface area contributed by atoms with Crippen molar-refractivity contribution in [2.24, 2.45) is 0 Å². The molecule has 2 amide bonds. The molecule has 2 heterocycles. The van der Waals surface area contributed by atoms with Crippen LogP contribution >= 0.6 is 0 Å². The molecule has 1 saturated heterocycles. The summed E-state index contributed by atoms with van der Waals surface area (Å²) in [6, 6.07) is 7.85. The lowest BCUT2D eigenvalue weighted by Crippen LogP contribution is -2.43. The molecule has 9 heteroatoms. The number of hydrogen-bond acceptors (Lipinski definition) is 5. The Bertz CT molecular complexity index is 1180. The number of anilines is 2. The first kappa shape index (κ1) is 21.3. The first-order valence-electron chi connectivity index (χ1n) is 10.1. The van der Waals surface area contributed by atoms with E-state index < -0.39 is 16.1 Å². The Morgan fingerprint density at radius 3 is 2.74 bits per heavy atom. The molecule has 0 radical (unpaired) electrons. The third-order valence-electron chi connectivity index (χ3n) is 5.87. The van der Waals surface area contributed by atoms with Crippen LogP contribution in [0.3, 0.4) is 0 Å². The highest BCUT2D eigenvalue weighted by Gasteiger charge is 2.40. The summed E-state index contributed by atoms with van der Waals surface area (Å²) in [4.78, 5) is 24.6. The Morgan fingerprint density at radius 1 is 1.19 bits per heavy atom. The van der Waals surface area contributed by atoms with Crippen LogP contribution in [-0.2, 0) is 19.6 Å². The molecular weight excluding hydrogens is 418 g/mol. The average molecular weight is 444 g/mol. The first-order valence-corrected chi connectivity index (χ1v) is 11.6. The van der Waals surface area contributed by atoms with Gasteiger partial charge in [0, 0.05) is 18.3 Å². The molecule has 4 rings (SSSR count). The van der Waals surface area contributed by atoms with Gasteiger partial charge in [0.25, 0.3) is 5.91 Å². The van der Waals surface area contributed by atoms with E-state index in [1.807, 2.05) is 32.0 Å². The summed E-state index contributed by atoms with van der Waals surface area (Å²) in [5, 5.41) is 5.58. The van der Waals surface area contributed by atoms with Gasteiger partial charge >= 0.3 is 0 Å². The Kier molecular flexibility index (Phi) is 5.49. The number of nitrogens with zero attached hydrogens (tertiary/aromatic N) is 1. The number of nitrogens with one attached hydrogen (secondary N) is 2. The van der Waals surface area contributed by atoms with Crippen LogP contribution in [0.2, 0.25) is 0 Å². The molecule has 0 bridgehead atoms. The second kappa shape index (κ2) is 7.97. The number of ether oxygens (including phenoxy) is 1. The van der Waals surface area contributed by atoms with Crippen LogP contribution < -0.4 is 15.4 Å². The molecule has 2 aromatic rings. The zero-order valence-electron chi connectivity index (χ0n) is 17.7. The van der Waals surface area contributed by atoms with Crippen molar-refractivity contribution in [3.05, 3.63) is 47.0 Å². The van der Waals surface area contributed by atoms with Crippen LogP contribution in [0.1, 0.15) is 29.5 Å². The number of sulfonamides is 1. The molecule has 0 spiro atoms. The van der Waals surface area contributed by atoms with E-state index in [0.29, 0.717) is 35.5 Å². The van der Waals surface area contributed by atoms with E-state index in [-0.39, 0.29) is 29.9 Å². The number of aryl methyl sites for hydroxylation is 2. The predicted molar refractivity (Wildman–Crippen MR) is 117 cm³/mol. The van der Waals surface area contributed by atoms with Crippen molar-refractivity contribution < 1.29 is 22.7 Å². The monoisotopic (exact) mass is 443 g/mol. The van der Waals surface area contributed by atoms with Gasteiger partial charge in [-0.3, -0.25) is 9.59 Å². The van der Waals surface area contributed by atoms with Crippen molar-refractivity contribution in [3.8, 4) is 5.75 Å². The lowest BCUT2D eigenvalue weighted by atomic mass is 10.1. The van der Waals surface area contributed by atoms with E-state index >= 15 is 0 Å². The van der Waals surface area contributed by atoms with E-state index in [9.17, 15) is 18.0 Å². The summed E-state index contributed by atoms with van der Waals surface area (Å²) >= 11 is 0. The van der Waals surface area contributed by atoms with Crippen LogP contribution in [-0.4, -0.2) is 43.7 Å². The summed E-state index contributed by atoms with van der Waals surface area (Å²) in [7, 11) is -3.94. The SMILES string of the molecule is Cc1cc2c(cc1S(=O)(=O)N1CCC[C@@H]1C(=O)Nc1cccc(C)c1C)OCC(=O)N2. The quantitative estimate of drug-likeness (QED) is 0.756. The zero-order valence-corrected chi connectivity index (χ0v) is 18.5. The van der Waals surface area contributed by atoms with Gasteiger partial charge in [-0.2, -0.15) is 4.31 Å². The summed E-state index contributed by atoms with van der Waals surface area (Å²) in [6.07, 6.45) is 1.05. The largest absolute Gasteiger partial charge is 0.482 e. The smallest absolute Gasteiger partial charge is 0.262 e. The number of carbonyl (C=O) groups excluding carboxylic acids is 2. The molecule has 0 saturated carbocycles. The van der Waals surface area contributed by atoms with Crippen molar-refractivity contribution in [2.75, 3.05) is 23.8 Å². The van der Waals surface area contributed by atoms with Gasteiger partial charge in [-0.05, 0) is 62.4 Å². The molecule has 2 N–H and O–H groups in total. The second-order valence-corrected chi connectivity index (χ2v) is 9.82. The standard InChI is InChI=1S/C22H25N3O5S/c1-13-6-4-7-16(15(13)3)24-22(27)18-8-5-9-25(18)31(28,29)20-11-19-17(10-14(20)2)23-21(26)12-30-19/h4,6-7,10-11,18H,5,8-9,12H2,1-3H3,(H,23,26)(H,24,27)/t18-/m1/s1. The highest BCUT2D eigenvalue weighted by Crippen LogP contribution is 2.36. The molecule has 8 nitrogen and oxygen atoms in total. The van der Waals surface area contributed by atoms with Crippen LogP contribution in [0.4, 0.5) is 11.4 Å². The topological polar surface area (TPSA) is 105 Å². The van der Waals surface area contributed by atoms with E-state index in [1.165, 1.54) is 10.4 Å². The van der Waals surface area contributed by atoms with Gasteiger partial charge in [0.1, 0.15) is 11.8 Å². The molecule has 2 aliphatic rings. The minimum absolute atomic E-state index is 0.0776. The lowest BCUT2D eigenvalue weighted by molar-refractivity contribution is -0.119. The number of amides is 2. The van der Waals surface area contributed by atoms with E-state index in [1.54, 1.807) is 13.0 Å². The molecule has 2 aromatic carbocycles. The van der Waals surface area contributed by atoms with Crippen LogP contribution in [0.15, 0.2) is 35.2 Å². The molecule has 1 fully saturated rings. The minimum Gasteiger partial charge on any atom is -0.482 e. The van der Waals surface area contributed by atoms with E-state index in [0.717, 1.165) is 11.1 Å². The highest BCUT2D eigenvalue weighted by atomic mass is 32.2. The summed E-state index contributed by atoms with van der Waals surface area (Å²) in [5.41, 5.74) is 3.60. The number of rotatable bonds is 4. The highest BCUT2D eigenvalue weighted by molar-refractivity contribution is 7.89. The molecular formula is C22H25N3O5S. The van der Waals surface area contributed by atoms with Gasteiger partial charge in [0.05, 0.1) is 10.6 Å². The third kappa shape index (κ3) is 3.90. The molecule has 1 atom stereocenters. The second-order valence-electron chi connectivity index (χ2n) is 7.96. The van der Waals surface area contributed by atoms with Crippen molar-refractivity contribution in [1.29, 1.82) is 0 Å². The van der Waals surface area contributed by atoms with Crippen LogP contribution in [0.5, 0.6) is 5.75 Å². The van der Waals surface area contributed by atoms with Crippen molar-refractivity contribution in [3.63, 3.8) is 0 Å². The predicted octanol–water partition coefficient (Wildman–Crippen LogP) is 2.73. The maximum Gasteiger partial charge on any atom is 0.262 e. The molecule has 164 valence electrons. The summed E-state index contributed by atoms with van der Waals surface area (Å²) in [5.74, 6) is -0.321. The van der Waals surface area contributed by atoms with Gasteiger partial charge in [0.2, 0.25) is 15.9 Å². The number of benzene rings is 2. The van der Waals surface area contributed by atoms with Crippen molar-refractivity contribution in [1.82, 2.24) is 4.31 Å². The van der Waals surface area contributed by atoms with Crippen molar-refractivity contribution in [2.45, 2.75) is 44.6 Å². The molecule has 0 aliphatic carbocycles. The fourth-order valence-electron chi connectivity index (χ4n) is 4.01. The first-order chi connectivity index (χ1) is 14.7. The molecule has 31 heavy (non-hydrogen) atoms. The molecule has 0 aromatic heterocycles. The Hall–Kier alpha value is -2.91.